The molecule has 9 heteroatoms. The largest absolute Gasteiger partial charge is 0.484 e. The molecule has 0 amide bonds. The van der Waals surface area contributed by atoms with E-state index in [1.807, 2.05) is 0 Å². The summed E-state index contributed by atoms with van der Waals surface area (Å²) in [6, 6.07) is 3.83. The summed E-state index contributed by atoms with van der Waals surface area (Å²) in [5, 5.41) is 11.4. The van der Waals surface area contributed by atoms with Gasteiger partial charge in [0.05, 0.1) is 15.9 Å². The molecule has 1 atom stereocenters. The van der Waals surface area contributed by atoms with Crippen LogP contribution in [0.1, 0.15) is 32.1 Å². The van der Waals surface area contributed by atoms with E-state index in [1.54, 1.807) is 0 Å². The molecule has 2 aliphatic heterocycles. The van der Waals surface area contributed by atoms with Crippen molar-refractivity contribution in [3.05, 3.63) is 28.3 Å². The number of nitro benzene ring substituents is 1. The molecule has 2 fully saturated rings. The maximum absolute atomic E-state index is 12.6. The fourth-order valence-corrected chi connectivity index (χ4v) is 4.66. The van der Waals surface area contributed by atoms with Crippen molar-refractivity contribution < 1.29 is 22.8 Å². The molecular weight excluding hydrogens is 348 g/mol. The molecule has 0 bridgehead atoms. The van der Waals surface area contributed by atoms with Crippen molar-refractivity contribution in [1.29, 1.82) is 0 Å². The van der Waals surface area contributed by atoms with Gasteiger partial charge >= 0.3 is 5.69 Å². The Morgan fingerprint density at radius 2 is 2.00 bits per heavy atom. The second-order valence-electron chi connectivity index (χ2n) is 6.30. The van der Waals surface area contributed by atoms with Crippen molar-refractivity contribution in [2.24, 2.45) is 0 Å². The Morgan fingerprint density at radius 3 is 2.64 bits per heavy atom. The predicted molar refractivity (Wildman–Crippen MR) is 90.2 cm³/mol. The van der Waals surface area contributed by atoms with Gasteiger partial charge in [0, 0.05) is 25.8 Å². The van der Waals surface area contributed by atoms with Gasteiger partial charge in [-0.3, -0.25) is 10.1 Å². The highest BCUT2D eigenvalue weighted by Gasteiger charge is 2.30. The Hall–Kier alpha value is -1.71. The van der Waals surface area contributed by atoms with Crippen LogP contribution in [0.5, 0.6) is 5.75 Å². The molecule has 0 radical (unpaired) electrons. The van der Waals surface area contributed by atoms with Crippen molar-refractivity contribution in [1.82, 2.24) is 4.31 Å². The fraction of sp³-hybridized carbons (Fsp3) is 0.625. The lowest BCUT2D eigenvalue weighted by Gasteiger charge is -2.22. The summed E-state index contributed by atoms with van der Waals surface area (Å²) < 4.78 is 37.6. The minimum absolute atomic E-state index is 0.0673. The topological polar surface area (TPSA) is 99.0 Å². The molecule has 0 saturated carbocycles. The maximum Gasteiger partial charge on any atom is 0.312 e. The van der Waals surface area contributed by atoms with E-state index in [-0.39, 0.29) is 29.0 Å². The lowest BCUT2D eigenvalue weighted by atomic mass is 10.1. The number of rotatable bonds is 6. The summed E-state index contributed by atoms with van der Waals surface area (Å²) in [6.07, 6.45) is 4.45. The number of benzene rings is 1. The summed E-state index contributed by atoms with van der Waals surface area (Å²) >= 11 is 0. The van der Waals surface area contributed by atoms with E-state index in [1.165, 1.54) is 16.4 Å². The van der Waals surface area contributed by atoms with Gasteiger partial charge in [-0.25, -0.2) is 8.42 Å². The van der Waals surface area contributed by atoms with Gasteiger partial charge in [0.25, 0.3) is 0 Å². The number of ether oxygens (including phenoxy) is 2. The molecule has 3 rings (SSSR count). The molecular formula is C16H22N2O6S. The van der Waals surface area contributed by atoms with E-state index in [0.717, 1.165) is 38.2 Å². The zero-order valence-corrected chi connectivity index (χ0v) is 14.7. The molecule has 2 aliphatic rings. The van der Waals surface area contributed by atoms with Crippen LogP contribution < -0.4 is 4.74 Å². The molecule has 1 aromatic carbocycles. The van der Waals surface area contributed by atoms with Crippen molar-refractivity contribution >= 4 is 15.7 Å². The van der Waals surface area contributed by atoms with Crippen molar-refractivity contribution in [3.63, 3.8) is 0 Å². The quantitative estimate of drug-likeness (QED) is 0.563. The summed E-state index contributed by atoms with van der Waals surface area (Å²) in [6.45, 7) is 1.79. The number of nitrogens with zero attached hydrogens (tertiary/aromatic N) is 2. The zero-order valence-electron chi connectivity index (χ0n) is 13.9. The second kappa shape index (κ2) is 7.67. The maximum atomic E-state index is 12.6. The first-order valence-electron chi connectivity index (χ1n) is 8.51. The van der Waals surface area contributed by atoms with Crippen LogP contribution in [0.25, 0.3) is 0 Å². The molecule has 25 heavy (non-hydrogen) atoms. The van der Waals surface area contributed by atoms with E-state index in [9.17, 15) is 18.5 Å². The number of hydrogen-bond donors (Lipinski definition) is 0. The van der Waals surface area contributed by atoms with E-state index < -0.39 is 14.9 Å². The zero-order chi connectivity index (χ0) is 17.9. The first kappa shape index (κ1) is 18.1. The summed E-state index contributed by atoms with van der Waals surface area (Å²) in [4.78, 5) is 10.7. The van der Waals surface area contributed by atoms with E-state index in [2.05, 4.69) is 0 Å². The monoisotopic (exact) mass is 370 g/mol. The van der Waals surface area contributed by atoms with Gasteiger partial charge in [0.15, 0.2) is 5.75 Å². The van der Waals surface area contributed by atoms with Crippen LogP contribution >= 0.6 is 0 Å². The van der Waals surface area contributed by atoms with Crippen LogP contribution in [0.2, 0.25) is 0 Å². The average Bonchev–Trinajstić information content (AvgIpc) is 3.16. The van der Waals surface area contributed by atoms with Gasteiger partial charge in [-0.1, -0.05) is 0 Å². The van der Waals surface area contributed by atoms with Gasteiger partial charge in [0.1, 0.15) is 6.61 Å². The van der Waals surface area contributed by atoms with Crippen LogP contribution in [-0.2, 0) is 14.8 Å². The number of sulfonamides is 1. The molecule has 0 spiro atoms. The smallest absolute Gasteiger partial charge is 0.312 e. The lowest BCUT2D eigenvalue weighted by Crippen LogP contribution is -2.28. The molecule has 0 unspecified atom stereocenters. The highest BCUT2D eigenvalue weighted by atomic mass is 32.2. The van der Waals surface area contributed by atoms with Crippen molar-refractivity contribution in [3.8, 4) is 5.75 Å². The third-order valence-electron chi connectivity index (χ3n) is 4.53. The SMILES string of the molecule is O=[N+]([O-])c1cc(S(=O)(=O)N2CCCC2)ccc1OC[C@H]1CCCCO1. The third kappa shape index (κ3) is 4.10. The lowest BCUT2D eigenvalue weighted by molar-refractivity contribution is -0.386. The molecule has 8 nitrogen and oxygen atoms in total. The van der Waals surface area contributed by atoms with Gasteiger partial charge in [-0.05, 0) is 44.2 Å². The molecule has 0 aliphatic carbocycles. The summed E-state index contributed by atoms with van der Waals surface area (Å²) in [5.74, 6) is 0.0690. The molecule has 0 N–H and O–H groups in total. The fourth-order valence-electron chi connectivity index (χ4n) is 3.12. The Labute approximate surface area is 146 Å². The van der Waals surface area contributed by atoms with Crippen LogP contribution in [0.15, 0.2) is 23.1 Å². The van der Waals surface area contributed by atoms with E-state index >= 15 is 0 Å². The molecule has 2 heterocycles. The van der Waals surface area contributed by atoms with Crippen LogP contribution in [-0.4, -0.2) is 50.1 Å². The Balaban J connectivity index is 1.79. The van der Waals surface area contributed by atoms with Gasteiger partial charge in [-0.2, -0.15) is 4.31 Å². The minimum Gasteiger partial charge on any atom is -0.484 e. The van der Waals surface area contributed by atoms with Crippen molar-refractivity contribution in [2.75, 3.05) is 26.3 Å². The summed E-state index contributed by atoms with van der Waals surface area (Å²) in [5.41, 5.74) is -0.337. The standard InChI is InChI=1S/C16H22N2O6S/c19-18(20)15-11-14(25(21,22)17-8-2-3-9-17)6-7-16(15)24-12-13-5-1-4-10-23-13/h6-7,11,13H,1-5,8-10,12H2/t13-/m1/s1. The van der Waals surface area contributed by atoms with E-state index in [4.69, 9.17) is 9.47 Å². The molecule has 1 aromatic rings. The molecule has 0 aromatic heterocycles. The highest BCUT2D eigenvalue weighted by Crippen LogP contribution is 2.32. The molecule has 2 saturated heterocycles. The van der Waals surface area contributed by atoms with Gasteiger partial charge < -0.3 is 9.47 Å². The predicted octanol–water partition coefficient (Wildman–Crippen LogP) is 2.33. The highest BCUT2D eigenvalue weighted by molar-refractivity contribution is 7.89. The third-order valence-corrected chi connectivity index (χ3v) is 6.42. The molecule has 138 valence electrons. The van der Waals surface area contributed by atoms with Crippen LogP contribution in [0, 0.1) is 10.1 Å². The van der Waals surface area contributed by atoms with Crippen LogP contribution in [0.4, 0.5) is 5.69 Å². The Bertz CT molecular complexity index is 724. The Morgan fingerprint density at radius 1 is 1.24 bits per heavy atom. The number of nitro groups is 1. The van der Waals surface area contributed by atoms with Crippen LogP contribution in [0.3, 0.4) is 0 Å². The van der Waals surface area contributed by atoms with E-state index in [0.29, 0.717) is 19.7 Å². The second-order valence-corrected chi connectivity index (χ2v) is 8.24. The first-order valence-corrected chi connectivity index (χ1v) is 9.95. The number of hydrogen-bond acceptors (Lipinski definition) is 6. The summed E-state index contributed by atoms with van der Waals surface area (Å²) in [7, 11) is -3.70. The van der Waals surface area contributed by atoms with Gasteiger partial charge in [-0.15, -0.1) is 0 Å². The average molecular weight is 370 g/mol. The van der Waals surface area contributed by atoms with Gasteiger partial charge in [0.2, 0.25) is 10.0 Å². The first-order chi connectivity index (χ1) is 12.0. The minimum atomic E-state index is -3.70. The van der Waals surface area contributed by atoms with Crippen molar-refractivity contribution in [2.45, 2.75) is 43.1 Å². The Kier molecular flexibility index (Phi) is 5.55. The normalized spacial score (nSPS) is 22.0.